The van der Waals surface area contributed by atoms with Crippen molar-refractivity contribution in [3.05, 3.63) is 65.1 Å². The third kappa shape index (κ3) is 9.95. The lowest BCUT2D eigenvalue weighted by Crippen LogP contribution is -2.16. The molecule has 0 amide bonds. The van der Waals surface area contributed by atoms with E-state index in [4.69, 9.17) is 0 Å². The summed E-state index contributed by atoms with van der Waals surface area (Å²) in [6, 6.07) is 9.95. The van der Waals surface area contributed by atoms with Gasteiger partial charge in [0.15, 0.2) is 0 Å². The number of nitrogens with one attached hydrogen (secondary N) is 2. The van der Waals surface area contributed by atoms with Gasteiger partial charge in [-0.2, -0.15) is 0 Å². The molecule has 0 unspecified atom stereocenters. The molecule has 0 atom stereocenters. The number of hydrogen-bond donors (Lipinski definition) is 2. The zero-order valence-electron chi connectivity index (χ0n) is 16.1. The summed E-state index contributed by atoms with van der Waals surface area (Å²) in [6.45, 7) is 5.43. The predicted octanol–water partition coefficient (Wildman–Crippen LogP) is 4.57. The van der Waals surface area contributed by atoms with Crippen LogP contribution in [0.4, 0.5) is 4.39 Å². The van der Waals surface area contributed by atoms with Crippen molar-refractivity contribution in [3.63, 3.8) is 0 Å². The molecule has 1 aromatic rings. The molecule has 0 saturated carbocycles. The Morgan fingerprint density at radius 1 is 1.12 bits per heavy atom. The van der Waals surface area contributed by atoms with E-state index in [0.717, 1.165) is 11.3 Å². The monoisotopic (exact) mass is 343 g/mol. The molecule has 1 aromatic carbocycles. The maximum atomic E-state index is 13.3. The van der Waals surface area contributed by atoms with Crippen molar-refractivity contribution in [2.24, 2.45) is 4.99 Å². The normalized spacial score (nSPS) is 15.6. The lowest BCUT2D eigenvalue weighted by atomic mass is 10.2. The van der Waals surface area contributed by atoms with Crippen LogP contribution in [0.5, 0.6) is 0 Å². The van der Waals surface area contributed by atoms with E-state index in [1.807, 2.05) is 70.4 Å². The fraction of sp³-hybridized carbons (Fsp3) is 0.286. The van der Waals surface area contributed by atoms with Crippen molar-refractivity contribution < 1.29 is 4.39 Å². The summed E-state index contributed by atoms with van der Waals surface area (Å²) in [6.07, 6.45) is 13.6. The van der Waals surface area contributed by atoms with E-state index in [1.54, 1.807) is 13.1 Å². The third-order valence-electron chi connectivity index (χ3n) is 2.67. The minimum Gasteiger partial charge on any atom is -0.340 e. The Balaban J connectivity index is 0. The number of nitrogens with zero attached hydrogens (tertiary/aromatic N) is 1. The van der Waals surface area contributed by atoms with Crippen LogP contribution in [0.25, 0.3) is 6.08 Å². The SMILES string of the molecule is C#C.CC.CN=C1NC(C=Cc2ccccc2)=C/C1=C(/C)F.CNC. The lowest BCUT2D eigenvalue weighted by molar-refractivity contribution is 0.636. The molecule has 0 radical (unpaired) electrons. The predicted molar refractivity (Wildman–Crippen MR) is 110 cm³/mol. The van der Waals surface area contributed by atoms with Gasteiger partial charge in [0.2, 0.25) is 0 Å². The number of benzene rings is 1. The van der Waals surface area contributed by atoms with E-state index in [9.17, 15) is 4.39 Å². The molecule has 4 heteroatoms. The molecule has 1 heterocycles. The molecule has 2 rings (SSSR count). The molecular formula is C21H30FN3. The van der Waals surface area contributed by atoms with Gasteiger partial charge in [0.05, 0.1) is 5.57 Å². The minimum absolute atomic E-state index is 0.230. The van der Waals surface area contributed by atoms with Crippen LogP contribution in [-0.2, 0) is 0 Å². The van der Waals surface area contributed by atoms with Gasteiger partial charge in [-0.05, 0) is 38.7 Å². The molecule has 1 aliphatic heterocycles. The van der Waals surface area contributed by atoms with Gasteiger partial charge in [-0.1, -0.05) is 50.3 Å². The molecule has 3 nitrogen and oxygen atoms in total. The van der Waals surface area contributed by atoms with Crippen molar-refractivity contribution in [2.45, 2.75) is 20.8 Å². The summed E-state index contributed by atoms with van der Waals surface area (Å²) in [5.74, 6) is 0.342. The number of aliphatic imine (C=N–C) groups is 1. The molecule has 0 aliphatic carbocycles. The minimum atomic E-state index is -0.230. The first-order chi connectivity index (χ1) is 12.1. The van der Waals surface area contributed by atoms with Crippen LogP contribution in [0.1, 0.15) is 26.3 Å². The number of rotatable bonds is 2. The largest absolute Gasteiger partial charge is 0.340 e. The van der Waals surface area contributed by atoms with E-state index in [2.05, 4.69) is 28.5 Å². The first-order valence-electron chi connectivity index (χ1n) is 8.09. The lowest BCUT2D eigenvalue weighted by Gasteiger charge is -2.00. The van der Waals surface area contributed by atoms with E-state index in [1.165, 1.54) is 6.92 Å². The van der Waals surface area contributed by atoms with Crippen LogP contribution in [0.2, 0.25) is 0 Å². The number of terminal acetylenes is 1. The molecule has 0 spiro atoms. The number of amidine groups is 1. The maximum absolute atomic E-state index is 13.3. The first kappa shape index (κ1) is 24.6. The van der Waals surface area contributed by atoms with Gasteiger partial charge < -0.3 is 10.6 Å². The van der Waals surface area contributed by atoms with Gasteiger partial charge in [-0.15, -0.1) is 12.8 Å². The van der Waals surface area contributed by atoms with Gasteiger partial charge in [-0.3, -0.25) is 4.99 Å². The Bertz CT molecular complexity index is 605. The molecule has 25 heavy (non-hydrogen) atoms. The second kappa shape index (κ2) is 16.2. The van der Waals surface area contributed by atoms with Crippen molar-refractivity contribution in [1.82, 2.24) is 10.6 Å². The summed E-state index contributed by atoms with van der Waals surface area (Å²) < 4.78 is 13.3. The Hall–Kier alpha value is -2.64. The molecule has 0 bridgehead atoms. The number of allylic oxidation sites excluding steroid dienone is 2. The second-order valence-corrected chi connectivity index (χ2v) is 4.49. The zero-order valence-corrected chi connectivity index (χ0v) is 16.1. The van der Waals surface area contributed by atoms with Gasteiger partial charge in [0, 0.05) is 12.7 Å². The Kier molecular flexibility index (Phi) is 16.0. The van der Waals surface area contributed by atoms with Crippen LogP contribution >= 0.6 is 0 Å². The number of halogens is 1. The topological polar surface area (TPSA) is 36.4 Å². The Labute approximate surface area is 152 Å². The number of hydrogen-bond acceptors (Lipinski definition) is 2. The molecule has 0 saturated heterocycles. The van der Waals surface area contributed by atoms with Crippen molar-refractivity contribution in [1.29, 1.82) is 0 Å². The average Bonchev–Trinajstić information content (AvgIpc) is 3.09. The van der Waals surface area contributed by atoms with Gasteiger partial charge in [0.1, 0.15) is 11.7 Å². The summed E-state index contributed by atoms with van der Waals surface area (Å²) in [4.78, 5) is 4.02. The first-order valence-corrected chi connectivity index (χ1v) is 8.09. The fourth-order valence-corrected chi connectivity index (χ4v) is 1.74. The second-order valence-electron chi connectivity index (χ2n) is 4.49. The summed E-state index contributed by atoms with van der Waals surface area (Å²) in [5, 5.41) is 5.82. The zero-order chi connectivity index (χ0) is 19.7. The quantitative estimate of drug-likeness (QED) is 0.772. The van der Waals surface area contributed by atoms with E-state index >= 15 is 0 Å². The van der Waals surface area contributed by atoms with Crippen LogP contribution in [0.3, 0.4) is 0 Å². The maximum Gasteiger partial charge on any atom is 0.135 e. The van der Waals surface area contributed by atoms with Crippen LogP contribution in [-0.4, -0.2) is 27.0 Å². The van der Waals surface area contributed by atoms with Crippen LogP contribution in [0, 0.1) is 12.8 Å². The van der Waals surface area contributed by atoms with E-state index in [-0.39, 0.29) is 5.83 Å². The standard InChI is InChI=1S/C15H15FN2.C2H7N.C2H6.C2H2/c1-11(16)14-10-13(18-15(14)17-2)9-8-12-6-4-3-5-7-12;1-3-2;2*1-2/h3-10H,1-2H3,(H,17,18);3H,1-2H3;1-2H3;1-2H/b9-8?,14-11+;;;. The molecule has 2 N–H and O–H groups in total. The Morgan fingerprint density at radius 2 is 1.64 bits per heavy atom. The average molecular weight is 343 g/mol. The molecule has 1 aliphatic rings. The van der Waals surface area contributed by atoms with Crippen molar-refractivity contribution >= 4 is 11.9 Å². The third-order valence-corrected chi connectivity index (χ3v) is 2.67. The fourth-order valence-electron chi connectivity index (χ4n) is 1.74. The molecule has 0 aromatic heterocycles. The highest BCUT2D eigenvalue weighted by molar-refractivity contribution is 6.05. The van der Waals surface area contributed by atoms with Gasteiger partial charge >= 0.3 is 0 Å². The molecular weight excluding hydrogens is 313 g/mol. The van der Waals surface area contributed by atoms with Crippen LogP contribution < -0.4 is 10.6 Å². The van der Waals surface area contributed by atoms with Gasteiger partial charge in [0.25, 0.3) is 0 Å². The van der Waals surface area contributed by atoms with E-state index in [0.29, 0.717) is 11.4 Å². The van der Waals surface area contributed by atoms with Crippen molar-refractivity contribution in [2.75, 3.05) is 21.1 Å². The highest BCUT2D eigenvalue weighted by Crippen LogP contribution is 2.18. The highest BCUT2D eigenvalue weighted by atomic mass is 19.1. The highest BCUT2D eigenvalue weighted by Gasteiger charge is 2.16. The smallest absolute Gasteiger partial charge is 0.135 e. The van der Waals surface area contributed by atoms with Crippen LogP contribution in [0.15, 0.2) is 64.6 Å². The van der Waals surface area contributed by atoms with E-state index < -0.39 is 0 Å². The molecule has 136 valence electrons. The summed E-state index contributed by atoms with van der Waals surface area (Å²) in [7, 11) is 5.39. The summed E-state index contributed by atoms with van der Waals surface area (Å²) >= 11 is 0. The van der Waals surface area contributed by atoms with Gasteiger partial charge in [-0.25, -0.2) is 4.39 Å². The summed E-state index contributed by atoms with van der Waals surface area (Å²) in [5.41, 5.74) is 2.46. The Morgan fingerprint density at radius 3 is 2.04 bits per heavy atom. The molecule has 0 fully saturated rings. The van der Waals surface area contributed by atoms with Crippen molar-refractivity contribution in [3.8, 4) is 12.8 Å².